The Morgan fingerprint density at radius 1 is 1.43 bits per heavy atom. The Hall–Kier alpha value is -2.11. The van der Waals surface area contributed by atoms with Crippen LogP contribution in [0.3, 0.4) is 0 Å². The maximum absolute atomic E-state index is 12.5. The van der Waals surface area contributed by atoms with Gasteiger partial charge in [0.05, 0.1) is 17.8 Å². The topological polar surface area (TPSA) is 64.7 Å². The Morgan fingerprint density at radius 3 is 2.71 bits per heavy atom. The van der Waals surface area contributed by atoms with Crippen LogP contribution in [0.4, 0.5) is 0 Å². The molecule has 2 aromatic rings. The first-order valence-electron chi connectivity index (χ1n) is 7.38. The molecule has 0 aromatic carbocycles. The summed E-state index contributed by atoms with van der Waals surface area (Å²) in [6.07, 6.45) is 7.12. The zero-order valence-electron chi connectivity index (χ0n) is 13.1. The number of nitrogens with zero attached hydrogens (tertiary/aromatic N) is 4. The van der Waals surface area contributed by atoms with Crippen LogP contribution in [0, 0.1) is 6.92 Å². The summed E-state index contributed by atoms with van der Waals surface area (Å²) in [5.41, 5.74) is 1.53. The van der Waals surface area contributed by atoms with E-state index in [0.717, 1.165) is 30.9 Å². The van der Waals surface area contributed by atoms with Gasteiger partial charge in [-0.25, -0.2) is 4.98 Å². The Bertz CT molecular complexity index is 613. The average molecular weight is 289 g/mol. The van der Waals surface area contributed by atoms with Gasteiger partial charge in [0.1, 0.15) is 5.82 Å². The Kier molecular flexibility index (Phi) is 4.77. The molecule has 0 saturated carbocycles. The highest BCUT2D eigenvalue weighted by Crippen LogP contribution is 2.17. The van der Waals surface area contributed by atoms with Gasteiger partial charge in [-0.15, -0.1) is 0 Å². The van der Waals surface area contributed by atoms with Crippen molar-refractivity contribution in [2.75, 3.05) is 0 Å². The molecular weight excluding hydrogens is 266 g/mol. The van der Waals surface area contributed by atoms with Crippen molar-refractivity contribution in [3.05, 3.63) is 35.7 Å². The number of hydrogen-bond acceptors (Lipinski definition) is 3. The van der Waals surface area contributed by atoms with E-state index in [9.17, 15) is 4.79 Å². The molecule has 2 aromatic heterocycles. The molecule has 0 aliphatic rings. The van der Waals surface area contributed by atoms with Gasteiger partial charge < -0.3 is 9.88 Å². The van der Waals surface area contributed by atoms with Crippen LogP contribution in [-0.4, -0.2) is 25.2 Å². The van der Waals surface area contributed by atoms with Crippen molar-refractivity contribution < 1.29 is 4.79 Å². The van der Waals surface area contributed by atoms with Gasteiger partial charge in [-0.2, -0.15) is 5.10 Å². The molecule has 2 heterocycles. The summed E-state index contributed by atoms with van der Waals surface area (Å²) < 4.78 is 3.77. The highest BCUT2D eigenvalue weighted by molar-refractivity contribution is 5.95. The van der Waals surface area contributed by atoms with E-state index in [0.29, 0.717) is 5.56 Å². The molecule has 0 bridgehead atoms. The van der Waals surface area contributed by atoms with E-state index in [1.807, 2.05) is 36.3 Å². The number of imidazole rings is 1. The van der Waals surface area contributed by atoms with Gasteiger partial charge in [-0.05, 0) is 20.3 Å². The van der Waals surface area contributed by atoms with Crippen molar-refractivity contribution in [1.82, 2.24) is 24.6 Å². The average Bonchev–Trinajstić information content (AvgIpc) is 3.04. The summed E-state index contributed by atoms with van der Waals surface area (Å²) >= 11 is 0. The van der Waals surface area contributed by atoms with Crippen LogP contribution in [0.2, 0.25) is 0 Å². The highest BCUT2D eigenvalue weighted by atomic mass is 16.1. The van der Waals surface area contributed by atoms with E-state index in [2.05, 4.69) is 22.3 Å². The zero-order chi connectivity index (χ0) is 15.4. The number of nitrogens with one attached hydrogen (secondary N) is 1. The number of hydrogen-bond donors (Lipinski definition) is 1. The van der Waals surface area contributed by atoms with Crippen molar-refractivity contribution in [3.63, 3.8) is 0 Å². The zero-order valence-corrected chi connectivity index (χ0v) is 13.1. The normalized spacial score (nSPS) is 12.4. The van der Waals surface area contributed by atoms with Crippen LogP contribution in [0.5, 0.6) is 0 Å². The van der Waals surface area contributed by atoms with E-state index in [1.54, 1.807) is 12.4 Å². The second-order valence-electron chi connectivity index (χ2n) is 5.17. The predicted octanol–water partition coefficient (Wildman–Crippen LogP) is 2.22. The maximum Gasteiger partial charge on any atom is 0.255 e. The van der Waals surface area contributed by atoms with Crippen molar-refractivity contribution in [2.45, 2.75) is 46.2 Å². The molecule has 6 heteroatoms. The minimum atomic E-state index is -0.0892. The number of rotatable bonds is 6. The minimum Gasteiger partial charge on any atom is -0.342 e. The van der Waals surface area contributed by atoms with Gasteiger partial charge in [-0.3, -0.25) is 9.48 Å². The summed E-state index contributed by atoms with van der Waals surface area (Å²) in [4.78, 5) is 16.8. The maximum atomic E-state index is 12.5. The second kappa shape index (κ2) is 6.56. The molecular formula is C15H23N5O. The molecule has 2 rings (SSSR count). The van der Waals surface area contributed by atoms with Gasteiger partial charge in [0.15, 0.2) is 0 Å². The Balaban J connectivity index is 2.18. The fourth-order valence-electron chi connectivity index (χ4n) is 2.49. The fraction of sp³-hybridized carbons (Fsp3) is 0.533. The first-order chi connectivity index (χ1) is 10.1. The lowest BCUT2D eigenvalue weighted by atomic mass is 10.1. The van der Waals surface area contributed by atoms with Crippen LogP contribution in [0.1, 0.15) is 54.6 Å². The van der Waals surface area contributed by atoms with Crippen LogP contribution in [-0.2, 0) is 13.6 Å². The van der Waals surface area contributed by atoms with Gasteiger partial charge in [0.2, 0.25) is 0 Å². The molecule has 0 unspecified atom stereocenters. The number of aryl methyl sites for hydroxylation is 2. The minimum absolute atomic E-state index is 0.0770. The number of amides is 1. The van der Waals surface area contributed by atoms with Crippen molar-refractivity contribution in [1.29, 1.82) is 0 Å². The third-order valence-electron chi connectivity index (χ3n) is 3.70. The molecule has 0 spiro atoms. The smallest absolute Gasteiger partial charge is 0.255 e. The lowest BCUT2D eigenvalue weighted by molar-refractivity contribution is 0.0931. The van der Waals surface area contributed by atoms with Gasteiger partial charge in [-0.1, -0.05) is 13.3 Å². The van der Waals surface area contributed by atoms with E-state index >= 15 is 0 Å². The molecule has 6 nitrogen and oxygen atoms in total. The molecule has 0 aliphatic heterocycles. The van der Waals surface area contributed by atoms with Crippen LogP contribution in [0.15, 0.2) is 18.6 Å². The summed E-state index contributed by atoms with van der Waals surface area (Å²) in [5, 5.41) is 7.30. The SMILES string of the molecule is CCC[C@H](NC(=O)c1cnn(CC)c1C)c1nccn1C. The third-order valence-corrected chi connectivity index (χ3v) is 3.70. The number of carbonyl (C=O) groups is 1. The molecule has 1 N–H and O–H groups in total. The van der Waals surface area contributed by atoms with Crippen LogP contribution < -0.4 is 5.32 Å². The molecule has 0 radical (unpaired) electrons. The quantitative estimate of drug-likeness (QED) is 0.886. The number of aromatic nitrogens is 4. The summed E-state index contributed by atoms with van der Waals surface area (Å²) in [6, 6.07) is -0.0770. The molecule has 21 heavy (non-hydrogen) atoms. The molecule has 0 fully saturated rings. The third kappa shape index (κ3) is 3.15. The van der Waals surface area contributed by atoms with Crippen molar-refractivity contribution in [2.24, 2.45) is 7.05 Å². The van der Waals surface area contributed by atoms with E-state index in [1.165, 1.54) is 0 Å². The lowest BCUT2D eigenvalue weighted by Crippen LogP contribution is -2.30. The number of carbonyl (C=O) groups excluding carboxylic acids is 1. The predicted molar refractivity (Wildman–Crippen MR) is 81.0 cm³/mol. The summed E-state index contributed by atoms with van der Waals surface area (Å²) in [6.45, 7) is 6.79. The van der Waals surface area contributed by atoms with Crippen molar-refractivity contribution >= 4 is 5.91 Å². The molecule has 0 saturated heterocycles. The first kappa shape index (κ1) is 15.3. The lowest BCUT2D eigenvalue weighted by Gasteiger charge is -2.17. The van der Waals surface area contributed by atoms with Gasteiger partial charge in [0, 0.05) is 31.7 Å². The van der Waals surface area contributed by atoms with Gasteiger partial charge >= 0.3 is 0 Å². The summed E-state index contributed by atoms with van der Waals surface area (Å²) in [5.74, 6) is 0.791. The second-order valence-corrected chi connectivity index (χ2v) is 5.17. The van der Waals surface area contributed by atoms with Crippen molar-refractivity contribution in [3.8, 4) is 0 Å². The first-order valence-corrected chi connectivity index (χ1v) is 7.38. The van der Waals surface area contributed by atoms with E-state index in [-0.39, 0.29) is 11.9 Å². The monoisotopic (exact) mass is 289 g/mol. The Labute approximate surface area is 125 Å². The summed E-state index contributed by atoms with van der Waals surface area (Å²) in [7, 11) is 1.94. The fourth-order valence-corrected chi connectivity index (χ4v) is 2.49. The standard InChI is InChI=1S/C15H23N5O/c1-5-7-13(14-16-8-9-19(14)4)18-15(21)12-10-17-20(6-2)11(12)3/h8-10,13H,5-7H2,1-4H3,(H,18,21)/t13-/m0/s1. The largest absolute Gasteiger partial charge is 0.342 e. The molecule has 1 amide bonds. The molecule has 114 valence electrons. The van der Waals surface area contributed by atoms with Crippen LogP contribution in [0.25, 0.3) is 0 Å². The highest BCUT2D eigenvalue weighted by Gasteiger charge is 2.21. The van der Waals surface area contributed by atoms with E-state index < -0.39 is 0 Å². The van der Waals surface area contributed by atoms with Gasteiger partial charge in [0.25, 0.3) is 5.91 Å². The Morgan fingerprint density at radius 2 is 2.19 bits per heavy atom. The molecule has 1 atom stereocenters. The van der Waals surface area contributed by atoms with Crippen LogP contribution >= 0.6 is 0 Å². The van der Waals surface area contributed by atoms with E-state index in [4.69, 9.17) is 0 Å². The molecule has 0 aliphatic carbocycles.